The summed E-state index contributed by atoms with van der Waals surface area (Å²) < 4.78 is 14.4. The summed E-state index contributed by atoms with van der Waals surface area (Å²) in [7, 11) is 0. The summed E-state index contributed by atoms with van der Waals surface area (Å²) >= 11 is 0. The first-order valence-electron chi connectivity index (χ1n) is 19.4. The molecule has 3 heteroatoms. The molecule has 0 bridgehead atoms. The summed E-state index contributed by atoms with van der Waals surface area (Å²) in [6.45, 7) is 0. The van der Waals surface area contributed by atoms with E-state index in [1.54, 1.807) is 0 Å². The molecule has 0 amide bonds. The summed E-state index contributed by atoms with van der Waals surface area (Å²) in [5.74, 6) is 2.64. The van der Waals surface area contributed by atoms with Gasteiger partial charge in [-0.15, -0.1) is 0 Å². The van der Waals surface area contributed by atoms with E-state index in [0.717, 1.165) is 43.6 Å². The molecule has 0 N–H and O–H groups in total. The van der Waals surface area contributed by atoms with Gasteiger partial charge >= 0.3 is 0 Å². The molecule has 3 aliphatic heterocycles. The van der Waals surface area contributed by atoms with Gasteiger partial charge in [0, 0.05) is 51.6 Å². The molecule has 3 heterocycles. The van der Waals surface area contributed by atoms with Gasteiger partial charge in [0.15, 0.2) is 0 Å². The molecule has 1 fully saturated rings. The van der Waals surface area contributed by atoms with Crippen LogP contribution in [0.15, 0.2) is 180 Å². The number of fused-ring (bicyclic) bond motifs is 11. The maximum atomic E-state index is 7.59. The van der Waals surface area contributed by atoms with Crippen molar-refractivity contribution in [1.82, 2.24) is 0 Å². The first-order chi connectivity index (χ1) is 25.8. The van der Waals surface area contributed by atoms with E-state index in [2.05, 4.69) is 163 Å². The smallest absolute Gasteiger partial charge is 0.131 e. The molecule has 3 aromatic rings. The highest BCUT2D eigenvalue weighted by molar-refractivity contribution is 5.74. The highest BCUT2D eigenvalue weighted by Gasteiger charge is 2.63. The Hall–Kier alpha value is -5.12. The topological polar surface area (TPSA) is 21.7 Å². The average Bonchev–Trinajstić information content (AvgIpc) is 3.56. The predicted molar refractivity (Wildman–Crippen MR) is 209 cm³/mol. The van der Waals surface area contributed by atoms with Crippen molar-refractivity contribution in [3.63, 3.8) is 0 Å². The summed E-state index contributed by atoms with van der Waals surface area (Å²) in [5.41, 5.74) is 10.5. The third-order valence-electron chi connectivity index (χ3n) is 13.1. The summed E-state index contributed by atoms with van der Waals surface area (Å²) in [6, 6.07) is 27.0. The fourth-order valence-electron chi connectivity index (χ4n) is 11.2. The number of para-hydroxylation sites is 3. The molecule has 52 heavy (non-hydrogen) atoms. The van der Waals surface area contributed by atoms with Crippen molar-refractivity contribution in [2.75, 3.05) is 4.90 Å². The SMILES string of the molecule is C1=CCCC(C2CC=CC3C2OC2C=CC=C(C4=CC=CC5c6ccccc6N(C6=CCCC=C6)C45)C2C32c3ccccc3Oc3ccccc32)=C1. The Labute approximate surface area is 307 Å². The second-order valence-corrected chi connectivity index (χ2v) is 15.5. The van der Waals surface area contributed by atoms with Gasteiger partial charge < -0.3 is 14.4 Å². The van der Waals surface area contributed by atoms with Crippen molar-refractivity contribution in [2.45, 2.75) is 61.7 Å². The van der Waals surface area contributed by atoms with Crippen LogP contribution >= 0.6 is 0 Å². The van der Waals surface area contributed by atoms with Crippen LogP contribution in [0, 0.1) is 17.8 Å². The second kappa shape index (κ2) is 12.0. The van der Waals surface area contributed by atoms with Gasteiger partial charge in [-0.05, 0) is 73.1 Å². The third-order valence-corrected chi connectivity index (χ3v) is 13.1. The zero-order valence-corrected chi connectivity index (χ0v) is 29.4. The zero-order chi connectivity index (χ0) is 34.2. The lowest BCUT2D eigenvalue weighted by Gasteiger charge is -2.60. The quantitative estimate of drug-likeness (QED) is 0.258. The van der Waals surface area contributed by atoms with E-state index in [9.17, 15) is 0 Å². The summed E-state index contributed by atoms with van der Waals surface area (Å²) in [5, 5.41) is 0. The largest absolute Gasteiger partial charge is 0.457 e. The molecule has 8 aliphatic rings. The second-order valence-electron chi connectivity index (χ2n) is 15.5. The van der Waals surface area contributed by atoms with Crippen molar-refractivity contribution >= 4 is 5.69 Å². The minimum absolute atomic E-state index is 0.0217. The third kappa shape index (κ3) is 4.29. The number of anilines is 1. The first kappa shape index (κ1) is 30.5. The van der Waals surface area contributed by atoms with E-state index in [4.69, 9.17) is 9.47 Å². The minimum atomic E-state index is -0.423. The van der Waals surface area contributed by atoms with Gasteiger partial charge in [-0.3, -0.25) is 0 Å². The average molecular weight is 678 g/mol. The summed E-state index contributed by atoms with van der Waals surface area (Å²) in [6.07, 6.45) is 38.6. The molecular weight excluding hydrogens is 635 g/mol. The normalized spacial score (nSPS) is 31.2. The maximum Gasteiger partial charge on any atom is 0.131 e. The van der Waals surface area contributed by atoms with Gasteiger partial charge in [0.05, 0.1) is 18.2 Å². The van der Waals surface area contributed by atoms with Crippen molar-refractivity contribution in [2.24, 2.45) is 17.8 Å². The van der Waals surface area contributed by atoms with Crippen LogP contribution in [0.5, 0.6) is 11.5 Å². The zero-order valence-electron chi connectivity index (χ0n) is 29.4. The Morgan fingerprint density at radius 2 is 1.48 bits per heavy atom. The molecule has 3 nitrogen and oxygen atoms in total. The van der Waals surface area contributed by atoms with Crippen LogP contribution in [0.2, 0.25) is 0 Å². The summed E-state index contributed by atoms with van der Waals surface area (Å²) in [4.78, 5) is 2.64. The molecule has 1 spiro atoms. The van der Waals surface area contributed by atoms with Gasteiger partial charge in [0.1, 0.15) is 11.5 Å². The van der Waals surface area contributed by atoms with E-state index < -0.39 is 5.41 Å². The number of hydrogen-bond donors (Lipinski definition) is 0. The fourth-order valence-corrected chi connectivity index (χ4v) is 11.2. The van der Waals surface area contributed by atoms with E-state index >= 15 is 0 Å². The van der Waals surface area contributed by atoms with Crippen LogP contribution in [0.4, 0.5) is 5.69 Å². The van der Waals surface area contributed by atoms with E-state index in [-0.39, 0.29) is 36.0 Å². The van der Waals surface area contributed by atoms with Gasteiger partial charge in [0.2, 0.25) is 0 Å². The minimum Gasteiger partial charge on any atom is -0.457 e. The van der Waals surface area contributed by atoms with E-state index in [1.165, 1.54) is 44.8 Å². The fraction of sp³-hybridized carbons (Fsp3) is 0.265. The monoisotopic (exact) mass is 677 g/mol. The standard InChI is InChI=1S/C49H43NO2/c1-3-16-32(17-4-1)34-21-14-27-41-48(34)52-45-31-15-22-36(46(45)49(41)39-25-8-11-29-43(39)51-44-30-12-9-26-40(44)49)38-24-13-23-37-35-20-7-10-28-42(35)50(47(37)38)33-18-5-2-6-19-33/h1,3,5,7-16,18-20,22-31,34,37,41,45-48H,2,4,6,17,21H2. The van der Waals surface area contributed by atoms with Crippen LogP contribution in [-0.2, 0) is 10.2 Å². The molecule has 3 aromatic carbocycles. The molecule has 1 saturated heterocycles. The number of nitrogens with zero attached hydrogens (tertiary/aromatic N) is 1. The Kier molecular flexibility index (Phi) is 7.02. The van der Waals surface area contributed by atoms with E-state index in [1.807, 2.05) is 0 Å². The van der Waals surface area contributed by atoms with Crippen LogP contribution in [0.25, 0.3) is 0 Å². The molecule has 7 atom stereocenters. The van der Waals surface area contributed by atoms with Crippen LogP contribution in [0.3, 0.4) is 0 Å². The van der Waals surface area contributed by atoms with Gasteiger partial charge in [0.25, 0.3) is 0 Å². The Balaban J connectivity index is 1.14. The number of ether oxygens (including phenoxy) is 2. The molecule has 0 aromatic heterocycles. The van der Waals surface area contributed by atoms with Gasteiger partial charge in [-0.1, -0.05) is 139 Å². The van der Waals surface area contributed by atoms with Crippen LogP contribution in [0.1, 0.15) is 54.7 Å². The first-order valence-corrected chi connectivity index (χ1v) is 19.4. The number of allylic oxidation sites excluding steroid dienone is 11. The number of hydrogen-bond acceptors (Lipinski definition) is 3. The maximum absolute atomic E-state index is 7.59. The lowest BCUT2D eigenvalue weighted by atomic mass is 9.48. The Bertz CT molecular complexity index is 2210. The molecule has 11 rings (SSSR count). The van der Waals surface area contributed by atoms with Gasteiger partial charge in [-0.2, -0.15) is 0 Å². The Morgan fingerprint density at radius 3 is 2.29 bits per heavy atom. The lowest BCUT2D eigenvalue weighted by molar-refractivity contribution is -0.128. The molecular formula is C49H43NO2. The molecule has 7 unspecified atom stereocenters. The highest BCUT2D eigenvalue weighted by Crippen LogP contribution is 2.65. The molecule has 0 saturated carbocycles. The van der Waals surface area contributed by atoms with Crippen molar-refractivity contribution in [3.05, 3.63) is 197 Å². The van der Waals surface area contributed by atoms with Crippen molar-refractivity contribution in [3.8, 4) is 11.5 Å². The predicted octanol–water partition coefficient (Wildman–Crippen LogP) is 11.1. The van der Waals surface area contributed by atoms with Crippen LogP contribution in [-0.4, -0.2) is 18.2 Å². The molecule has 256 valence electrons. The van der Waals surface area contributed by atoms with Crippen LogP contribution < -0.4 is 9.64 Å². The lowest BCUT2D eigenvalue weighted by Crippen LogP contribution is -2.62. The number of benzene rings is 3. The van der Waals surface area contributed by atoms with Crippen molar-refractivity contribution < 1.29 is 9.47 Å². The molecule has 0 radical (unpaired) electrons. The van der Waals surface area contributed by atoms with Crippen molar-refractivity contribution in [1.29, 1.82) is 0 Å². The van der Waals surface area contributed by atoms with Gasteiger partial charge in [-0.25, -0.2) is 0 Å². The van der Waals surface area contributed by atoms with E-state index in [0.29, 0.717) is 5.92 Å². The number of rotatable bonds is 3. The molecule has 5 aliphatic carbocycles. The Morgan fingerprint density at radius 1 is 0.692 bits per heavy atom. The highest BCUT2D eigenvalue weighted by atomic mass is 16.5.